The van der Waals surface area contributed by atoms with Gasteiger partial charge in [0.1, 0.15) is 5.56 Å². The van der Waals surface area contributed by atoms with Crippen LogP contribution >= 0.6 is 15.9 Å². The lowest BCUT2D eigenvalue weighted by Crippen LogP contribution is -2.40. The van der Waals surface area contributed by atoms with E-state index in [0.717, 1.165) is 15.4 Å². The zero-order valence-electron chi connectivity index (χ0n) is 11.5. The van der Waals surface area contributed by atoms with Crippen LogP contribution in [-0.2, 0) is 11.2 Å². The van der Waals surface area contributed by atoms with E-state index in [1.165, 1.54) is 0 Å². The highest BCUT2D eigenvalue weighted by Gasteiger charge is 2.25. The first kappa shape index (κ1) is 14.3. The van der Waals surface area contributed by atoms with Crippen molar-refractivity contribution in [3.05, 3.63) is 33.9 Å². The van der Waals surface area contributed by atoms with Crippen molar-refractivity contribution >= 4 is 38.5 Å². The van der Waals surface area contributed by atoms with E-state index in [2.05, 4.69) is 26.2 Å². The van der Waals surface area contributed by atoms with Gasteiger partial charge in [0.15, 0.2) is 0 Å². The summed E-state index contributed by atoms with van der Waals surface area (Å²) in [6, 6.07) is 5.85. The molecule has 21 heavy (non-hydrogen) atoms. The smallest absolute Gasteiger partial charge is 0.339 e. The van der Waals surface area contributed by atoms with Crippen molar-refractivity contribution in [3.63, 3.8) is 0 Å². The Bertz CT molecular complexity index is 714. The van der Waals surface area contributed by atoms with Gasteiger partial charge in [-0.2, -0.15) is 0 Å². The Morgan fingerprint density at radius 3 is 2.86 bits per heavy atom. The van der Waals surface area contributed by atoms with Gasteiger partial charge in [0.05, 0.1) is 36.2 Å². The first-order valence-electron chi connectivity index (χ1n) is 6.80. The number of carboxylic acid groups (broad SMARTS) is 1. The molecule has 0 radical (unpaired) electrons. The number of ether oxygens (including phenoxy) is 1. The molecular weight excluding hydrogens is 336 g/mol. The summed E-state index contributed by atoms with van der Waals surface area (Å²) in [6.07, 6.45) is 0.573. The van der Waals surface area contributed by atoms with Gasteiger partial charge in [0, 0.05) is 9.86 Å². The third-order valence-electron chi connectivity index (χ3n) is 3.56. The summed E-state index contributed by atoms with van der Waals surface area (Å²) in [5, 5.41) is 13.7. The predicted molar refractivity (Wildman–Crippen MR) is 84.0 cm³/mol. The third-order valence-corrected chi connectivity index (χ3v) is 4.05. The number of aromatic carboxylic acids is 1. The molecule has 0 bridgehead atoms. The molecule has 0 atom stereocenters. The van der Waals surface area contributed by atoms with Crippen LogP contribution in [0.1, 0.15) is 23.0 Å². The van der Waals surface area contributed by atoms with Gasteiger partial charge < -0.3 is 15.2 Å². The van der Waals surface area contributed by atoms with E-state index < -0.39 is 5.97 Å². The van der Waals surface area contributed by atoms with Crippen LogP contribution in [0.3, 0.4) is 0 Å². The topological polar surface area (TPSA) is 71.5 Å². The molecule has 1 aromatic heterocycles. The molecule has 110 valence electrons. The van der Waals surface area contributed by atoms with E-state index >= 15 is 0 Å². The van der Waals surface area contributed by atoms with Crippen molar-refractivity contribution in [2.75, 3.05) is 18.5 Å². The number of benzene rings is 1. The minimum atomic E-state index is -0.955. The second-order valence-electron chi connectivity index (χ2n) is 5.01. The van der Waals surface area contributed by atoms with Crippen LogP contribution in [0.15, 0.2) is 22.7 Å². The summed E-state index contributed by atoms with van der Waals surface area (Å²) < 4.78 is 6.06. The summed E-state index contributed by atoms with van der Waals surface area (Å²) in [4.78, 5) is 16.2. The second-order valence-corrected chi connectivity index (χ2v) is 5.92. The van der Waals surface area contributed by atoms with Gasteiger partial charge in [0.2, 0.25) is 0 Å². The Labute approximate surface area is 130 Å². The highest BCUT2D eigenvalue weighted by molar-refractivity contribution is 9.10. The normalized spacial score (nSPS) is 15.0. The summed E-state index contributed by atoms with van der Waals surface area (Å²) >= 11 is 3.43. The number of carboxylic acids is 1. The fraction of sp³-hybridized carbons (Fsp3) is 0.333. The largest absolute Gasteiger partial charge is 0.478 e. The summed E-state index contributed by atoms with van der Waals surface area (Å²) in [5.41, 5.74) is 2.29. The summed E-state index contributed by atoms with van der Waals surface area (Å²) in [6.45, 7) is 3.10. The number of halogens is 1. The zero-order chi connectivity index (χ0) is 15.0. The number of nitrogens with one attached hydrogen (secondary N) is 1. The molecule has 2 heterocycles. The van der Waals surface area contributed by atoms with Crippen LogP contribution in [0, 0.1) is 0 Å². The number of aromatic nitrogens is 1. The van der Waals surface area contributed by atoms with Gasteiger partial charge in [-0.25, -0.2) is 4.79 Å². The molecule has 6 heteroatoms. The summed E-state index contributed by atoms with van der Waals surface area (Å²) in [5.74, 6) is -0.955. The Morgan fingerprint density at radius 2 is 2.29 bits per heavy atom. The van der Waals surface area contributed by atoms with Gasteiger partial charge in [-0.3, -0.25) is 4.98 Å². The maximum absolute atomic E-state index is 11.7. The Morgan fingerprint density at radius 1 is 1.52 bits per heavy atom. The third kappa shape index (κ3) is 2.61. The molecule has 2 N–H and O–H groups in total. The number of hydrogen-bond donors (Lipinski definition) is 2. The van der Waals surface area contributed by atoms with Gasteiger partial charge in [0.25, 0.3) is 0 Å². The monoisotopic (exact) mass is 350 g/mol. The van der Waals surface area contributed by atoms with Crippen LogP contribution in [-0.4, -0.2) is 35.3 Å². The van der Waals surface area contributed by atoms with Gasteiger partial charge >= 0.3 is 5.97 Å². The van der Waals surface area contributed by atoms with Crippen molar-refractivity contribution in [1.29, 1.82) is 0 Å². The fourth-order valence-electron chi connectivity index (χ4n) is 2.45. The van der Waals surface area contributed by atoms with Crippen LogP contribution in [0.5, 0.6) is 0 Å². The van der Waals surface area contributed by atoms with E-state index in [0.29, 0.717) is 31.0 Å². The number of hydrogen-bond acceptors (Lipinski definition) is 4. The molecule has 1 aromatic carbocycles. The maximum atomic E-state index is 11.7. The van der Waals surface area contributed by atoms with Crippen molar-refractivity contribution in [1.82, 2.24) is 4.98 Å². The van der Waals surface area contributed by atoms with E-state index in [4.69, 9.17) is 4.74 Å². The maximum Gasteiger partial charge on any atom is 0.339 e. The number of rotatable bonds is 4. The Balaban J connectivity index is 2.26. The molecule has 0 amide bonds. The lowest BCUT2D eigenvalue weighted by molar-refractivity contribution is 0.0211. The summed E-state index contributed by atoms with van der Waals surface area (Å²) in [7, 11) is 0. The van der Waals surface area contributed by atoms with E-state index in [9.17, 15) is 9.90 Å². The molecular formula is C15H15BrN2O3. The zero-order valence-corrected chi connectivity index (χ0v) is 13.1. The minimum absolute atomic E-state index is 0.150. The minimum Gasteiger partial charge on any atom is -0.478 e. The van der Waals surface area contributed by atoms with Crippen LogP contribution in [0.2, 0.25) is 0 Å². The number of nitrogens with zero attached hydrogens (tertiary/aromatic N) is 1. The molecule has 1 saturated heterocycles. The average molecular weight is 351 g/mol. The average Bonchev–Trinajstić information content (AvgIpc) is 2.41. The molecule has 1 fully saturated rings. The number of fused-ring (bicyclic) bond motifs is 1. The van der Waals surface area contributed by atoms with Crippen LogP contribution < -0.4 is 5.32 Å². The van der Waals surface area contributed by atoms with Gasteiger partial charge in [-0.1, -0.05) is 22.9 Å². The Hall–Kier alpha value is -1.66. The van der Waals surface area contributed by atoms with Gasteiger partial charge in [-0.15, -0.1) is 0 Å². The fourth-order valence-corrected chi connectivity index (χ4v) is 2.81. The molecule has 0 unspecified atom stereocenters. The molecule has 0 aliphatic carbocycles. The van der Waals surface area contributed by atoms with Crippen molar-refractivity contribution in [3.8, 4) is 0 Å². The molecule has 2 aromatic rings. The molecule has 0 saturated carbocycles. The highest BCUT2D eigenvalue weighted by Crippen LogP contribution is 2.32. The lowest BCUT2D eigenvalue weighted by Gasteiger charge is -2.29. The number of pyridine rings is 1. The SMILES string of the molecule is CCc1nc2ccc(Br)cc2c(NC2COC2)c1C(=O)O. The second kappa shape index (κ2) is 5.61. The first-order chi connectivity index (χ1) is 10.1. The van der Waals surface area contributed by atoms with E-state index in [-0.39, 0.29) is 11.6 Å². The molecule has 5 nitrogen and oxygen atoms in total. The number of carbonyl (C=O) groups is 1. The predicted octanol–water partition coefficient (Wildman–Crippen LogP) is 3.07. The number of aryl methyl sites for hydroxylation is 1. The van der Waals surface area contributed by atoms with Crippen molar-refractivity contribution < 1.29 is 14.6 Å². The van der Waals surface area contributed by atoms with Crippen molar-refractivity contribution in [2.45, 2.75) is 19.4 Å². The van der Waals surface area contributed by atoms with Crippen LogP contribution in [0.4, 0.5) is 5.69 Å². The van der Waals surface area contributed by atoms with E-state index in [1.807, 2.05) is 25.1 Å². The van der Waals surface area contributed by atoms with E-state index in [1.54, 1.807) is 0 Å². The molecule has 3 rings (SSSR count). The Kier molecular flexibility index (Phi) is 3.82. The van der Waals surface area contributed by atoms with Crippen LogP contribution in [0.25, 0.3) is 10.9 Å². The highest BCUT2D eigenvalue weighted by atomic mass is 79.9. The lowest BCUT2D eigenvalue weighted by atomic mass is 10.0. The molecule has 1 aliphatic rings. The van der Waals surface area contributed by atoms with Gasteiger partial charge in [-0.05, 0) is 24.6 Å². The molecule has 0 spiro atoms. The first-order valence-corrected chi connectivity index (χ1v) is 7.59. The number of anilines is 1. The quantitative estimate of drug-likeness (QED) is 0.886. The molecule has 1 aliphatic heterocycles. The standard InChI is InChI=1S/C15H15BrN2O3/c1-2-11-13(15(19)20)14(17-9-6-21-7-9)10-5-8(16)3-4-12(10)18-11/h3-5,9H,2,6-7H2,1H3,(H,17,18)(H,19,20). The van der Waals surface area contributed by atoms with Crippen molar-refractivity contribution in [2.24, 2.45) is 0 Å².